The van der Waals surface area contributed by atoms with E-state index >= 15 is 0 Å². The van der Waals surface area contributed by atoms with Crippen molar-refractivity contribution in [1.29, 1.82) is 0 Å². The van der Waals surface area contributed by atoms with Crippen LogP contribution in [-0.4, -0.2) is 44.4 Å². The third-order valence-electron chi connectivity index (χ3n) is 7.06. The SMILES string of the molecule is CCS(=O)(=O)c1ccc(/N=N/c2c(NC)ccc3c(O)c(/N=N/c4ccc5cccc(S(=O)(=O)O)c5c4O)ccc23)c(C)c1. The largest absolute Gasteiger partial charge is 0.505 e. The van der Waals surface area contributed by atoms with Crippen LogP contribution in [0.15, 0.2) is 103 Å². The first-order valence-electron chi connectivity index (χ1n) is 13.2. The number of hydrogen-bond donors (Lipinski definition) is 4. The Morgan fingerprint density at radius 3 is 2.05 bits per heavy atom. The van der Waals surface area contributed by atoms with E-state index < -0.39 is 30.6 Å². The van der Waals surface area contributed by atoms with Crippen molar-refractivity contribution < 1.29 is 31.6 Å². The smallest absolute Gasteiger partial charge is 0.295 e. The third-order valence-corrected chi connectivity index (χ3v) is 9.69. The molecule has 0 saturated carbocycles. The van der Waals surface area contributed by atoms with Crippen LogP contribution >= 0.6 is 0 Å². The maximum absolute atomic E-state index is 12.2. The van der Waals surface area contributed by atoms with E-state index in [9.17, 15) is 31.6 Å². The highest BCUT2D eigenvalue weighted by molar-refractivity contribution is 7.91. The lowest BCUT2D eigenvalue weighted by Crippen LogP contribution is -2.03. The molecule has 226 valence electrons. The predicted octanol–water partition coefficient (Wildman–Crippen LogP) is 7.63. The van der Waals surface area contributed by atoms with Crippen molar-refractivity contribution in [3.63, 3.8) is 0 Å². The van der Waals surface area contributed by atoms with Crippen LogP contribution in [0.25, 0.3) is 21.5 Å². The molecule has 5 aromatic carbocycles. The van der Waals surface area contributed by atoms with Gasteiger partial charge in [0.15, 0.2) is 21.3 Å². The zero-order valence-corrected chi connectivity index (χ0v) is 25.3. The number of nitrogens with zero attached hydrogens (tertiary/aromatic N) is 4. The van der Waals surface area contributed by atoms with Crippen LogP contribution in [-0.2, 0) is 20.0 Å². The van der Waals surface area contributed by atoms with Crippen molar-refractivity contribution in [1.82, 2.24) is 0 Å². The van der Waals surface area contributed by atoms with Crippen molar-refractivity contribution in [3.8, 4) is 11.5 Å². The fraction of sp³-hybridized carbons (Fsp3) is 0.133. The molecule has 0 amide bonds. The predicted molar refractivity (Wildman–Crippen MR) is 168 cm³/mol. The van der Waals surface area contributed by atoms with Gasteiger partial charge >= 0.3 is 0 Å². The van der Waals surface area contributed by atoms with Gasteiger partial charge in [0, 0.05) is 23.2 Å². The number of anilines is 1. The quantitative estimate of drug-likeness (QED) is 0.0990. The third kappa shape index (κ3) is 5.69. The summed E-state index contributed by atoms with van der Waals surface area (Å²) in [4.78, 5) is -0.266. The minimum absolute atomic E-state index is 0.0156. The number of phenolic OH excluding ortho intramolecular Hbond substituents is 2. The number of fused-ring (bicyclic) bond motifs is 2. The van der Waals surface area contributed by atoms with Gasteiger partial charge in [0.25, 0.3) is 10.1 Å². The number of rotatable bonds is 8. The molecule has 14 heteroatoms. The molecule has 5 rings (SSSR count). The number of aryl methyl sites for hydroxylation is 1. The van der Waals surface area contributed by atoms with E-state index in [0.29, 0.717) is 38.8 Å². The summed E-state index contributed by atoms with van der Waals surface area (Å²) in [5, 5.41) is 43.0. The van der Waals surface area contributed by atoms with E-state index in [1.807, 2.05) is 0 Å². The molecule has 0 aliphatic carbocycles. The van der Waals surface area contributed by atoms with Gasteiger partial charge in [-0.05, 0) is 72.5 Å². The van der Waals surface area contributed by atoms with Gasteiger partial charge in [-0.15, -0.1) is 15.3 Å². The normalized spacial score (nSPS) is 12.5. The zero-order valence-electron chi connectivity index (χ0n) is 23.7. The molecule has 5 aromatic rings. The Balaban J connectivity index is 1.54. The summed E-state index contributed by atoms with van der Waals surface area (Å²) in [7, 11) is -6.29. The average molecular weight is 634 g/mol. The van der Waals surface area contributed by atoms with Crippen LogP contribution in [0.2, 0.25) is 0 Å². The molecule has 0 saturated heterocycles. The van der Waals surface area contributed by atoms with E-state index in [1.165, 1.54) is 30.3 Å². The molecular formula is C30H27N5O7S2. The molecule has 0 atom stereocenters. The molecule has 0 bridgehead atoms. The summed E-state index contributed by atoms with van der Waals surface area (Å²) in [5.41, 5.74) is 2.11. The Bertz CT molecular complexity index is 2230. The molecule has 0 aliphatic heterocycles. The number of azo groups is 2. The minimum atomic E-state index is -4.63. The fourth-order valence-corrected chi connectivity index (χ4v) is 6.36. The van der Waals surface area contributed by atoms with Crippen molar-refractivity contribution in [2.45, 2.75) is 23.6 Å². The topological polar surface area (TPSA) is 190 Å². The molecule has 0 aliphatic rings. The van der Waals surface area contributed by atoms with Gasteiger partial charge in [-0.1, -0.05) is 25.1 Å². The number of phenols is 2. The van der Waals surface area contributed by atoms with Crippen LogP contribution in [0.3, 0.4) is 0 Å². The van der Waals surface area contributed by atoms with Crippen molar-refractivity contribution in [2.24, 2.45) is 20.5 Å². The first-order chi connectivity index (χ1) is 20.9. The number of nitrogens with one attached hydrogen (secondary N) is 1. The lowest BCUT2D eigenvalue weighted by atomic mass is 10.1. The highest BCUT2D eigenvalue weighted by Crippen LogP contribution is 2.44. The zero-order chi connectivity index (χ0) is 31.8. The second-order valence-electron chi connectivity index (χ2n) is 9.75. The Morgan fingerprint density at radius 2 is 1.39 bits per heavy atom. The van der Waals surface area contributed by atoms with E-state index in [4.69, 9.17) is 0 Å². The van der Waals surface area contributed by atoms with Gasteiger partial charge in [0.2, 0.25) is 0 Å². The lowest BCUT2D eigenvalue weighted by molar-refractivity contribution is 0.474. The molecule has 4 N–H and O–H groups in total. The molecule has 0 spiro atoms. The van der Waals surface area contributed by atoms with E-state index in [1.54, 1.807) is 57.3 Å². The first kappa shape index (κ1) is 30.5. The number of benzene rings is 5. The minimum Gasteiger partial charge on any atom is -0.505 e. The number of hydrogen-bond acceptors (Lipinski definition) is 11. The summed E-state index contributed by atoms with van der Waals surface area (Å²) >= 11 is 0. The molecular weight excluding hydrogens is 606 g/mol. The summed E-state index contributed by atoms with van der Waals surface area (Å²) in [5.74, 6) is -0.746. The fourth-order valence-electron chi connectivity index (χ4n) is 4.68. The Kier molecular flexibility index (Phi) is 8.07. The maximum Gasteiger partial charge on any atom is 0.295 e. The van der Waals surface area contributed by atoms with Gasteiger partial charge < -0.3 is 15.5 Å². The molecule has 44 heavy (non-hydrogen) atoms. The molecule has 0 aromatic heterocycles. The standard InChI is InChI=1S/C30H27N5O7S2/c1-4-43(38,39)19-9-13-22(17(2)16-19)32-35-28-20-10-15-24(29(36)21(20)11-14-23(28)31-3)33-34-25-12-8-18-6-5-7-26(44(40,41)42)27(18)30(25)37/h5-16,31,36-37H,4H2,1-3H3,(H,40,41,42)/b34-33+,35-32+. The Labute approximate surface area is 253 Å². The molecule has 0 heterocycles. The lowest BCUT2D eigenvalue weighted by Gasteiger charge is -2.11. The van der Waals surface area contributed by atoms with Gasteiger partial charge in [-0.2, -0.15) is 13.5 Å². The summed E-state index contributed by atoms with van der Waals surface area (Å²) in [6.45, 7) is 3.32. The van der Waals surface area contributed by atoms with Crippen LogP contribution in [0.5, 0.6) is 11.5 Å². The molecule has 12 nitrogen and oxygen atoms in total. The molecule has 0 fully saturated rings. The second-order valence-corrected chi connectivity index (χ2v) is 13.4. The monoisotopic (exact) mass is 633 g/mol. The van der Waals surface area contributed by atoms with Crippen LogP contribution < -0.4 is 5.32 Å². The van der Waals surface area contributed by atoms with Crippen molar-refractivity contribution >= 4 is 69.9 Å². The van der Waals surface area contributed by atoms with E-state index in [0.717, 1.165) is 6.07 Å². The molecule has 0 radical (unpaired) electrons. The van der Waals surface area contributed by atoms with Gasteiger partial charge in [-0.25, -0.2) is 8.42 Å². The Morgan fingerprint density at radius 1 is 0.750 bits per heavy atom. The highest BCUT2D eigenvalue weighted by Gasteiger charge is 2.19. The van der Waals surface area contributed by atoms with Gasteiger partial charge in [-0.3, -0.25) is 4.55 Å². The van der Waals surface area contributed by atoms with Gasteiger partial charge in [0.05, 0.1) is 22.0 Å². The van der Waals surface area contributed by atoms with Crippen LogP contribution in [0.1, 0.15) is 12.5 Å². The van der Waals surface area contributed by atoms with Crippen molar-refractivity contribution in [3.05, 3.63) is 78.4 Å². The summed E-state index contributed by atoms with van der Waals surface area (Å²) in [6, 6.07) is 18.3. The molecule has 0 unspecified atom stereocenters. The average Bonchev–Trinajstić information content (AvgIpc) is 3.00. The van der Waals surface area contributed by atoms with Crippen LogP contribution in [0, 0.1) is 6.92 Å². The highest BCUT2D eigenvalue weighted by atomic mass is 32.2. The van der Waals surface area contributed by atoms with Crippen molar-refractivity contribution in [2.75, 3.05) is 18.1 Å². The maximum atomic E-state index is 12.2. The number of sulfone groups is 1. The summed E-state index contributed by atoms with van der Waals surface area (Å²) in [6.07, 6.45) is 0. The van der Waals surface area contributed by atoms with Crippen LogP contribution in [0.4, 0.5) is 28.4 Å². The summed E-state index contributed by atoms with van der Waals surface area (Å²) < 4.78 is 57.8. The Hall–Kier alpha value is -4.92. The second kappa shape index (κ2) is 11.6. The number of aromatic hydroxyl groups is 2. The van der Waals surface area contributed by atoms with E-state index in [2.05, 4.69) is 25.8 Å². The van der Waals surface area contributed by atoms with Gasteiger partial charge in [0.1, 0.15) is 22.0 Å². The first-order valence-corrected chi connectivity index (χ1v) is 16.3. The van der Waals surface area contributed by atoms with E-state index in [-0.39, 0.29) is 33.2 Å².